The smallest absolute Gasteiger partial charge is 0.450 e. The lowest BCUT2D eigenvalue weighted by atomic mass is 11.5. The van der Waals surface area contributed by atoms with Gasteiger partial charge in [0.15, 0.2) is 0 Å². The van der Waals surface area contributed by atoms with E-state index in [1.54, 1.807) is 0 Å². The average molecular weight is 176 g/mol. The number of carbonyl (C=O) groups is 1. The van der Waals surface area contributed by atoms with Gasteiger partial charge in [-0.25, -0.2) is 14.6 Å². The van der Waals surface area contributed by atoms with Crippen molar-refractivity contribution < 1.29 is 39.3 Å². The monoisotopic (exact) mass is 176 g/mol. The summed E-state index contributed by atoms with van der Waals surface area (Å²) < 4.78 is 11.8. The highest BCUT2D eigenvalue weighted by atomic mass is 31.2. The van der Waals surface area contributed by atoms with E-state index in [2.05, 4.69) is 4.67 Å². The Labute approximate surface area is 54.5 Å². The van der Waals surface area contributed by atoms with Crippen LogP contribution >= 0.6 is 7.82 Å². The summed E-state index contributed by atoms with van der Waals surface area (Å²) in [5.74, 6) is 0. The van der Waals surface area contributed by atoms with Crippen molar-refractivity contribution in [2.75, 3.05) is 0 Å². The first-order valence-electron chi connectivity index (χ1n) is 1.60. The summed E-state index contributed by atoms with van der Waals surface area (Å²) in [6.45, 7) is 0. The molecule has 0 fully saturated rings. The van der Waals surface area contributed by atoms with Crippen molar-refractivity contribution in [3.8, 4) is 0 Å². The molecule has 0 aromatic rings. The minimum absolute atomic E-state index is 1.83. The normalized spacial score (nSPS) is 9.50. The Bertz CT molecular complexity index is 128. The van der Waals surface area contributed by atoms with Crippen LogP contribution in [-0.2, 0) is 9.24 Å². The zero-order valence-corrected chi connectivity index (χ0v) is 5.30. The predicted molar refractivity (Wildman–Crippen MR) is 26.4 cm³/mol. The summed E-state index contributed by atoms with van der Waals surface area (Å²) in [5, 5.41) is 21.1. The lowest BCUT2D eigenvalue weighted by Crippen LogP contribution is -1.81. The second-order valence-corrected chi connectivity index (χ2v) is 2.00. The van der Waals surface area contributed by atoms with Crippen molar-refractivity contribution in [1.29, 1.82) is 0 Å². The molecule has 0 aromatic heterocycles. The van der Waals surface area contributed by atoms with Gasteiger partial charge in [0, 0.05) is 0 Å². The topological polar surface area (TPSA) is 145 Å². The van der Waals surface area contributed by atoms with Crippen LogP contribution in [0.4, 0.5) is 4.79 Å². The molecule has 0 aliphatic rings. The molecule has 0 heterocycles. The third kappa shape index (κ3) is 53.9. The van der Waals surface area contributed by atoms with Crippen molar-refractivity contribution >= 4 is 14.0 Å². The second kappa shape index (κ2) is 5.15. The summed E-state index contributed by atoms with van der Waals surface area (Å²) in [5.41, 5.74) is 0. The number of hydrogen-bond acceptors (Lipinski definition) is 4. The van der Waals surface area contributed by atoms with Crippen LogP contribution in [0, 0.1) is 0 Å². The van der Waals surface area contributed by atoms with Crippen LogP contribution in [0.5, 0.6) is 0 Å². The molecule has 5 N–H and O–H groups in total. The van der Waals surface area contributed by atoms with Gasteiger partial charge in [0.25, 0.3) is 0 Å². The summed E-state index contributed by atoms with van der Waals surface area (Å²) in [7, 11) is -4.59. The molecule has 0 spiro atoms. The minimum atomic E-state index is -4.59. The maximum Gasteiger partial charge on any atom is 0.503 e. The van der Waals surface area contributed by atoms with Gasteiger partial charge >= 0.3 is 14.0 Å². The Morgan fingerprint density at radius 1 is 1.30 bits per heavy atom. The number of carboxylic acid groups (broad SMARTS) is 2. The predicted octanol–water partition coefficient (Wildman–Crippen LogP) is -0.209. The van der Waals surface area contributed by atoms with E-state index in [0.717, 1.165) is 0 Å². The van der Waals surface area contributed by atoms with Crippen LogP contribution in [-0.4, -0.2) is 31.4 Å². The van der Waals surface area contributed by atoms with Gasteiger partial charge in [-0.2, -0.15) is 0 Å². The Balaban J connectivity index is 0. The third-order valence-corrected chi connectivity index (χ3v) is 0.319. The molecule has 0 aromatic carbocycles. The lowest BCUT2D eigenvalue weighted by molar-refractivity contribution is -0.158. The molecule has 0 saturated heterocycles. The molecule has 10 heavy (non-hydrogen) atoms. The Morgan fingerprint density at radius 3 is 1.40 bits per heavy atom. The molecule has 0 bridgehead atoms. The van der Waals surface area contributed by atoms with E-state index in [0.29, 0.717) is 0 Å². The summed E-state index contributed by atoms with van der Waals surface area (Å²) in [6.07, 6.45) is -1.83. The number of phosphoric acid groups is 1. The van der Waals surface area contributed by atoms with E-state index >= 15 is 0 Å². The quantitative estimate of drug-likeness (QED) is 0.209. The Kier molecular flexibility index (Phi) is 6.21. The number of rotatable bonds is 1. The SMILES string of the molecule is O=C(O)O.O=P(O)(O)OO. The molecule has 9 heteroatoms. The first-order valence-corrected chi connectivity index (χ1v) is 3.13. The minimum Gasteiger partial charge on any atom is -0.450 e. The molecule has 0 radical (unpaired) electrons. The van der Waals surface area contributed by atoms with E-state index in [4.69, 9.17) is 30.1 Å². The molecular weight excluding hydrogens is 171 g/mol. The first kappa shape index (κ1) is 12.1. The van der Waals surface area contributed by atoms with E-state index < -0.39 is 14.0 Å². The van der Waals surface area contributed by atoms with Crippen molar-refractivity contribution in [2.45, 2.75) is 0 Å². The van der Waals surface area contributed by atoms with E-state index in [1.807, 2.05) is 0 Å². The van der Waals surface area contributed by atoms with Crippen LogP contribution in [0.25, 0.3) is 0 Å². The van der Waals surface area contributed by atoms with Crippen molar-refractivity contribution in [3.63, 3.8) is 0 Å². The summed E-state index contributed by atoms with van der Waals surface area (Å²) in [4.78, 5) is 23.5. The largest absolute Gasteiger partial charge is 0.503 e. The van der Waals surface area contributed by atoms with E-state index in [1.165, 1.54) is 0 Å². The van der Waals surface area contributed by atoms with Crippen molar-refractivity contribution in [1.82, 2.24) is 0 Å². The maximum absolute atomic E-state index is 9.22. The van der Waals surface area contributed by atoms with Gasteiger partial charge < -0.3 is 20.0 Å². The zero-order valence-electron chi connectivity index (χ0n) is 4.41. The molecule has 62 valence electrons. The summed E-state index contributed by atoms with van der Waals surface area (Å²) >= 11 is 0. The Hall–Kier alpha value is -0.660. The fourth-order valence-electron chi connectivity index (χ4n) is 0. The van der Waals surface area contributed by atoms with Gasteiger partial charge in [-0.15, -0.1) is 4.67 Å². The molecule has 8 nitrogen and oxygen atoms in total. The molecule has 0 aliphatic carbocycles. The maximum atomic E-state index is 9.22. The molecule has 0 atom stereocenters. The highest BCUT2D eigenvalue weighted by Gasteiger charge is 2.10. The van der Waals surface area contributed by atoms with Gasteiger partial charge in [-0.3, -0.25) is 0 Å². The molecule has 0 amide bonds. The van der Waals surface area contributed by atoms with Crippen LogP contribution in [0.3, 0.4) is 0 Å². The molecule has 0 aliphatic heterocycles. The third-order valence-electron chi connectivity index (χ3n) is 0.106. The van der Waals surface area contributed by atoms with E-state index in [9.17, 15) is 4.57 Å². The van der Waals surface area contributed by atoms with Crippen molar-refractivity contribution in [2.24, 2.45) is 0 Å². The van der Waals surface area contributed by atoms with Gasteiger partial charge in [0.2, 0.25) is 0 Å². The van der Waals surface area contributed by atoms with Crippen LogP contribution in [0.2, 0.25) is 0 Å². The lowest BCUT2D eigenvalue weighted by Gasteiger charge is -1.90. The molecular formula is CH5O8P. The fraction of sp³-hybridized carbons (Fsp3) is 0. The first-order chi connectivity index (χ1) is 4.29. The second-order valence-electron chi connectivity index (χ2n) is 0.855. The van der Waals surface area contributed by atoms with Gasteiger partial charge in [0.1, 0.15) is 0 Å². The average Bonchev–Trinajstić information content (AvgIpc) is 1.63. The summed E-state index contributed by atoms with van der Waals surface area (Å²) in [6, 6.07) is 0. The number of hydrogen-bond donors (Lipinski definition) is 5. The van der Waals surface area contributed by atoms with Gasteiger partial charge in [-0.05, 0) is 0 Å². The van der Waals surface area contributed by atoms with Crippen LogP contribution in [0.1, 0.15) is 0 Å². The van der Waals surface area contributed by atoms with Gasteiger partial charge in [-0.1, -0.05) is 0 Å². The molecule has 0 saturated carbocycles. The van der Waals surface area contributed by atoms with Crippen molar-refractivity contribution in [3.05, 3.63) is 0 Å². The van der Waals surface area contributed by atoms with E-state index in [-0.39, 0.29) is 0 Å². The fourth-order valence-corrected chi connectivity index (χ4v) is 0. The standard InChI is InChI=1S/CH2O3.H3O5P/c2-1(3)4;1-5-6(2,3)4/h(H2,2,3,4);1H,(H2,2,3,4). The van der Waals surface area contributed by atoms with Crippen LogP contribution in [0.15, 0.2) is 0 Å². The van der Waals surface area contributed by atoms with Crippen LogP contribution < -0.4 is 0 Å². The molecule has 0 unspecified atom stereocenters. The zero-order chi connectivity index (χ0) is 8.78. The van der Waals surface area contributed by atoms with Gasteiger partial charge in [0.05, 0.1) is 0 Å². The highest BCUT2D eigenvalue weighted by Crippen LogP contribution is 2.33. The highest BCUT2D eigenvalue weighted by molar-refractivity contribution is 7.46. The molecule has 0 rings (SSSR count). The Morgan fingerprint density at radius 2 is 1.40 bits per heavy atom.